The number of aromatic nitrogens is 1. The fraction of sp³-hybridized carbons (Fsp3) is 0. The second kappa shape index (κ2) is 6.87. The van der Waals surface area contributed by atoms with Gasteiger partial charge in [0, 0.05) is 33.0 Å². The van der Waals surface area contributed by atoms with E-state index in [0.717, 1.165) is 39.1 Å². The Morgan fingerprint density at radius 1 is 0.514 bits per heavy atom. The van der Waals surface area contributed by atoms with E-state index in [-0.39, 0.29) is 0 Å². The molecule has 35 heavy (non-hydrogen) atoms. The maximum Gasteiger partial charge on any atom is 0.135 e. The van der Waals surface area contributed by atoms with Crippen LogP contribution in [-0.2, 0) is 0 Å². The van der Waals surface area contributed by atoms with Crippen molar-refractivity contribution in [3.8, 4) is 16.8 Å². The molecule has 0 N–H and O–H groups in total. The molecule has 5 aromatic carbocycles. The molecule has 1 aliphatic heterocycles. The summed E-state index contributed by atoms with van der Waals surface area (Å²) < 4.78 is 8.52. The summed E-state index contributed by atoms with van der Waals surface area (Å²) in [5, 5.41) is 3.48. The van der Waals surface area contributed by atoms with E-state index in [1.807, 2.05) is 12.1 Å². The van der Waals surface area contributed by atoms with Gasteiger partial charge in [-0.15, -0.1) is 0 Å². The van der Waals surface area contributed by atoms with Crippen LogP contribution in [0.15, 0.2) is 126 Å². The number of hydrogen-bond acceptors (Lipinski definition) is 2. The van der Waals surface area contributed by atoms with Crippen LogP contribution in [0.3, 0.4) is 0 Å². The SMILES string of the molecule is c1ccc2c(c1)-c1ccccc1-n1c(cc3ccccc31)N2c1ccc2oc3ccccc3c2c1. The van der Waals surface area contributed by atoms with Gasteiger partial charge in [0.05, 0.1) is 16.9 Å². The van der Waals surface area contributed by atoms with Gasteiger partial charge in [0.2, 0.25) is 0 Å². The lowest BCUT2D eigenvalue weighted by Crippen LogP contribution is -2.12. The molecule has 0 unspecified atom stereocenters. The van der Waals surface area contributed by atoms with Crippen LogP contribution in [0, 0.1) is 0 Å². The molecule has 1 aliphatic rings. The molecule has 3 nitrogen and oxygen atoms in total. The molecule has 0 saturated carbocycles. The molecule has 0 radical (unpaired) electrons. The van der Waals surface area contributed by atoms with E-state index in [1.54, 1.807) is 0 Å². The van der Waals surface area contributed by atoms with Crippen molar-refractivity contribution in [2.24, 2.45) is 0 Å². The Kier molecular flexibility index (Phi) is 3.66. The van der Waals surface area contributed by atoms with Crippen molar-refractivity contribution in [1.29, 1.82) is 0 Å². The van der Waals surface area contributed by atoms with E-state index in [2.05, 4.69) is 119 Å². The summed E-state index contributed by atoms with van der Waals surface area (Å²) in [5.74, 6) is 1.12. The summed E-state index contributed by atoms with van der Waals surface area (Å²) in [6.45, 7) is 0. The topological polar surface area (TPSA) is 21.3 Å². The number of hydrogen-bond donors (Lipinski definition) is 0. The molecule has 3 heteroatoms. The highest BCUT2D eigenvalue weighted by molar-refractivity contribution is 6.07. The summed E-state index contributed by atoms with van der Waals surface area (Å²) in [6.07, 6.45) is 0. The minimum Gasteiger partial charge on any atom is -0.456 e. The van der Waals surface area contributed by atoms with Crippen molar-refractivity contribution in [1.82, 2.24) is 4.57 Å². The van der Waals surface area contributed by atoms with Crippen LogP contribution >= 0.6 is 0 Å². The van der Waals surface area contributed by atoms with Gasteiger partial charge in [-0.05, 0) is 48.5 Å². The Hall–Kier alpha value is -4.76. The van der Waals surface area contributed by atoms with E-state index in [1.165, 1.54) is 27.7 Å². The van der Waals surface area contributed by atoms with Gasteiger partial charge in [-0.3, -0.25) is 9.47 Å². The third-order valence-corrected chi connectivity index (χ3v) is 7.12. The molecule has 0 amide bonds. The molecular formula is C32H20N2O. The fourth-order valence-electron chi connectivity index (χ4n) is 5.60. The molecule has 2 aromatic heterocycles. The predicted molar refractivity (Wildman–Crippen MR) is 144 cm³/mol. The average molecular weight is 449 g/mol. The van der Waals surface area contributed by atoms with Crippen molar-refractivity contribution in [2.45, 2.75) is 0 Å². The van der Waals surface area contributed by atoms with E-state index < -0.39 is 0 Å². The Balaban J connectivity index is 1.51. The van der Waals surface area contributed by atoms with Crippen LogP contribution in [0.2, 0.25) is 0 Å². The lowest BCUT2D eigenvalue weighted by atomic mass is 10.0. The normalized spacial score (nSPS) is 12.5. The minimum absolute atomic E-state index is 0.905. The monoisotopic (exact) mass is 448 g/mol. The lowest BCUT2D eigenvalue weighted by molar-refractivity contribution is 0.669. The molecule has 3 heterocycles. The first-order chi connectivity index (χ1) is 17.4. The Morgan fingerprint density at radius 3 is 2.11 bits per heavy atom. The van der Waals surface area contributed by atoms with E-state index in [4.69, 9.17) is 4.42 Å². The summed E-state index contributed by atoms with van der Waals surface area (Å²) in [7, 11) is 0. The van der Waals surface area contributed by atoms with Gasteiger partial charge in [-0.1, -0.05) is 72.8 Å². The fourth-order valence-corrected chi connectivity index (χ4v) is 5.60. The van der Waals surface area contributed by atoms with E-state index in [0.29, 0.717) is 0 Å². The third-order valence-electron chi connectivity index (χ3n) is 7.12. The van der Waals surface area contributed by atoms with Gasteiger partial charge in [-0.2, -0.15) is 0 Å². The van der Waals surface area contributed by atoms with Crippen LogP contribution in [-0.4, -0.2) is 4.57 Å². The molecule has 0 atom stereocenters. The number of nitrogens with zero attached hydrogens (tertiary/aromatic N) is 2. The minimum atomic E-state index is 0.905. The maximum absolute atomic E-state index is 6.13. The van der Waals surface area contributed by atoms with Crippen LogP contribution < -0.4 is 4.90 Å². The van der Waals surface area contributed by atoms with Gasteiger partial charge >= 0.3 is 0 Å². The Bertz CT molecular complexity index is 1920. The Labute approximate surface area is 202 Å². The molecular weight excluding hydrogens is 428 g/mol. The van der Waals surface area contributed by atoms with Crippen LogP contribution in [0.1, 0.15) is 0 Å². The highest BCUT2D eigenvalue weighted by Crippen LogP contribution is 2.49. The highest BCUT2D eigenvalue weighted by atomic mass is 16.3. The zero-order valence-corrected chi connectivity index (χ0v) is 18.8. The quantitative estimate of drug-likeness (QED) is 0.250. The molecule has 7 aromatic rings. The van der Waals surface area contributed by atoms with Gasteiger partial charge in [0.15, 0.2) is 0 Å². The molecule has 8 rings (SSSR count). The van der Waals surface area contributed by atoms with Crippen molar-refractivity contribution < 1.29 is 4.42 Å². The number of benzene rings is 5. The number of rotatable bonds is 1. The molecule has 164 valence electrons. The number of fused-ring (bicyclic) bond motifs is 10. The largest absolute Gasteiger partial charge is 0.456 e. The number of para-hydroxylation sites is 4. The van der Waals surface area contributed by atoms with Crippen molar-refractivity contribution >= 4 is 50.0 Å². The molecule has 0 saturated heterocycles. The van der Waals surface area contributed by atoms with E-state index in [9.17, 15) is 0 Å². The van der Waals surface area contributed by atoms with Crippen molar-refractivity contribution in [2.75, 3.05) is 4.90 Å². The third kappa shape index (κ3) is 2.55. The summed E-state index contributed by atoms with van der Waals surface area (Å²) in [4.78, 5) is 2.39. The zero-order valence-electron chi connectivity index (χ0n) is 18.8. The van der Waals surface area contributed by atoms with Crippen LogP contribution in [0.25, 0.3) is 49.7 Å². The van der Waals surface area contributed by atoms with Gasteiger partial charge in [0.1, 0.15) is 17.0 Å². The maximum atomic E-state index is 6.13. The first-order valence-electron chi connectivity index (χ1n) is 11.9. The number of furan rings is 1. The first-order valence-corrected chi connectivity index (χ1v) is 11.9. The molecule has 0 spiro atoms. The van der Waals surface area contributed by atoms with Crippen molar-refractivity contribution in [3.63, 3.8) is 0 Å². The van der Waals surface area contributed by atoms with Gasteiger partial charge in [-0.25, -0.2) is 0 Å². The summed E-state index contributed by atoms with van der Waals surface area (Å²) in [6, 6.07) is 43.1. The second-order valence-electron chi connectivity index (χ2n) is 9.05. The predicted octanol–water partition coefficient (Wildman–Crippen LogP) is 8.98. The second-order valence-corrected chi connectivity index (χ2v) is 9.05. The first kappa shape index (κ1) is 18.6. The van der Waals surface area contributed by atoms with E-state index >= 15 is 0 Å². The smallest absolute Gasteiger partial charge is 0.135 e. The molecule has 0 aliphatic carbocycles. The van der Waals surface area contributed by atoms with Crippen molar-refractivity contribution in [3.05, 3.63) is 121 Å². The van der Waals surface area contributed by atoms with Crippen LogP contribution in [0.5, 0.6) is 0 Å². The van der Waals surface area contributed by atoms with Crippen LogP contribution in [0.4, 0.5) is 17.2 Å². The Morgan fingerprint density at radius 2 is 1.20 bits per heavy atom. The van der Waals surface area contributed by atoms with Gasteiger partial charge < -0.3 is 4.42 Å². The zero-order chi connectivity index (χ0) is 22.9. The lowest BCUT2D eigenvalue weighted by Gasteiger charge is -2.26. The molecule has 0 bridgehead atoms. The van der Waals surface area contributed by atoms with Gasteiger partial charge in [0.25, 0.3) is 0 Å². The standard InChI is InChI=1S/C32H20N2O/c1-5-13-27-21(9-1)19-32-33(22-17-18-31-26(20-22)25-12-4-8-16-30(25)35-31)28-14-6-2-10-23(28)24-11-3-7-15-29(24)34(27)32/h1-20H. The highest BCUT2D eigenvalue weighted by Gasteiger charge is 2.27. The number of anilines is 3. The molecule has 0 fully saturated rings. The average Bonchev–Trinajstić information content (AvgIpc) is 3.44. The summed E-state index contributed by atoms with van der Waals surface area (Å²) in [5.41, 5.74) is 8.91. The summed E-state index contributed by atoms with van der Waals surface area (Å²) >= 11 is 0.